The van der Waals surface area contributed by atoms with Crippen molar-refractivity contribution in [1.82, 2.24) is 29.5 Å². The summed E-state index contributed by atoms with van der Waals surface area (Å²) in [7, 11) is 0. The summed E-state index contributed by atoms with van der Waals surface area (Å²) in [5.74, 6) is 2.01. The Bertz CT molecular complexity index is 981. The second-order valence-electron chi connectivity index (χ2n) is 5.82. The van der Waals surface area contributed by atoms with Gasteiger partial charge in [-0.3, -0.25) is 4.57 Å². The zero-order valence-corrected chi connectivity index (χ0v) is 14.5. The van der Waals surface area contributed by atoms with Crippen LogP contribution in [0, 0.1) is 0 Å². The Morgan fingerprint density at radius 2 is 1.67 bits per heavy atom. The van der Waals surface area contributed by atoms with E-state index in [2.05, 4.69) is 20.3 Å². The quantitative estimate of drug-likeness (QED) is 0.541. The van der Waals surface area contributed by atoms with E-state index in [0.717, 1.165) is 17.0 Å². The normalized spacial score (nSPS) is 10.9. The molecule has 4 rings (SSSR count). The van der Waals surface area contributed by atoms with Crippen molar-refractivity contribution in [1.29, 1.82) is 0 Å². The minimum absolute atomic E-state index is 0.0197. The molecule has 0 radical (unpaired) electrons. The average Bonchev–Trinajstić information content (AvgIpc) is 3.38. The molecule has 0 amide bonds. The van der Waals surface area contributed by atoms with E-state index in [4.69, 9.17) is 4.74 Å². The maximum Gasteiger partial charge on any atom is 0.188 e. The average molecular weight is 362 g/mol. The van der Waals surface area contributed by atoms with Crippen molar-refractivity contribution in [2.24, 2.45) is 0 Å². The summed E-state index contributed by atoms with van der Waals surface area (Å²) in [4.78, 5) is 4.59. The number of hydrogen-bond acceptors (Lipinski definition) is 6. The monoisotopic (exact) mass is 362 g/mol. The molecular weight excluding hydrogens is 344 g/mol. The highest BCUT2D eigenvalue weighted by molar-refractivity contribution is 5.57. The van der Waals surface area contributed by atoms with Crippen molar-refractivity contribution < 1.29 is 9.84 Å². The van der Waals surface area contributed by atoms with Crippen molar-refractivity contribution in [3.05, 3.63) is 73.1 Å². The van der Waals surface area contributed by atoms with Crippen LogP contribution in [0.25, 0.3) is 17.1 Å². The van der Waals surface area contributed by atoms with E-state index in [1.807, 2.05) is 59.2 Å². The van der Waals surface area contributed by atoms with Gasteiger partial charge in [-0.05, 0) is 36.4 Å². The number of rotatable bonds is 7. The molecule has 0 saturated heterocycles. The molecule has 0 atom stereocenters. The first-order valence-corrected chi connectivity index (χ1v) is 8.51. The lowest BCUT2D eigenvalue weighted by Gasteiger charge is -2.05. The Kier molecular flexibility index (Phi) is 4.88. The number of para-hydroxylation sites is 1. The third-order valence-electron chi connectivity index (χ3n) is 3.98. The van der Waals surface area contributed by atoms with Crippen LogP contribution in [-0.4, -0.2) is 41.2 Å². The van der Waals surface area contributed by atoms with Gasteiger partial charge in [0, 0.05) is 11.3 Å². The Balaban J connectivity index is 1.56. The van der Waals surface area contributed by atoms with Crippen molar-refractivity contribution >= 4 is 0 Å². The molecule has 27 heavy (non-hydrogen) atoms. The zero-order valence-electron chi connectivity index (χ0n) is 14.5. The molecule has 0 fully saturated rings. The Labute approximate surface area is 155 Å². The Morgan fingerprint density at radius 1 is 0.926 bits per heavy atom. The van der Waals surface area contributed by atoms with E-state index >= 15 is 0 Å². The number of hydrogen-bond donors (Lipinski definition) is 1. The van der Waals surface area contributed by atoms with Crippen LogP contribution in [0.3, 0.4) is 0 Å². The summed E-state index contributed by atoms with van der Waals surface area (Å²) in [5.41, 5.74) is 1.85. The van der Waals surface area contributed by atoms with Gasteiger partial charge in [0.05, 0.1) is 13.2 Å². The van der Waals surface area contributed by atoms with Gasteiger partial charge in [-0.1, -0.05) is 18.2 Å². The van der Waals surface area contributed by atoms with Gasteiger partial charge in [-0.25, -0.2) is 9.67 Å². The first-order valence-electron chi connectivity index (χ1n) is 8.51. The highest BCUT2D eigenvalue weighted by atomic mass is 16.5. The number of aromatic nitrogens is 6. The van der Waals surface area contributed by atoms with Gasteiger partial charge in [0.2, 0.25) is 0 Å². The van der Waals surface area contributed by atoms with Crippen molar-refractivity contribution in [2.45, 2.75) is 13.2 Å². The lowest BCUT2D eigenvalue weighted by Crippen LogP contribution is -2.07. The molecule has 0 unspecified atom stereocenters. The van der Waals surface area contributed by atoms with Crippen LogP contribution in [-0.2, 0) is 13.2 Å². The fraction of sp³-hybridized carbons (Fsp3) is 0.158. The van der Waals surface area contributed by atoms with Crippen LogP contribution in [0.5, 0.6) is 5.75 Å². The van der Waals surface area contributed by atoms with Crippen LogP contribution in [0.2, 0.25) is 0 Å². The molecule has 2 aromatic heterocycles. The fourth-order valence-electron chi connectivity index (χ4n) is 2.70. The van der Waals surface area contributed by atoms with Crippen LogP contribution in [0.15, 0.2) is 67.3 Å². The molecule has 8 heteroatoms. The van der Waals surface area contributed by atoms with Gasteiger partial charge in [-0.2, -0.15) is 5.10 Å². The highest BCUT2D eigenvalue weighted by Crippen LogP contribution is 2.20. The molecule has 0 aliphatic rings. The van der Waals surface area contributed by atoms with Gasteiger partial charge >= 0.3 is 0 Å². The number of nitrogens with zero attached hydrogens (tertiary/aromatic N) is 6. The van der Waals surface area contributed by atoms with Gasteiger partial charge in [-0.15, -0.1) is 10.2 Å². The smallest absolute Gasteiger partial charge is 0.188 e. The van der Waals surface area contributed by atoms with E-state index in [1.54, 1.807) is 17.3 Å². The van der Waals surface area contributed by atoms with E-state index in [9.17, 15) is 5.11 Å². The minimum Gasteiger partial charge on any atom is -0.486 e. The summed E-state index contributed by atoms with van der Waals surface area (Å²) >= 11 is 0. The third kappa shape index (κ3) is 3.85. The maximum atomic E-state index is 9.34. The first-order chi connectivity index (χ1) is 13.3. The van der Waals surface area contributed by atoms with Gasteiger partial charge < -0.3 is 9.84 Å². The zero-order chi connectivity index (χ0) is 18.5. The van der Waals surface area contributed by atoms with Crippen molar-refractivity contribution in [2.75, 3.05) is 6.61 Å². The van der Waals surface area contributed by atoms with E-state index < -0.39 is 0 Å². The van der Waals surface area contributed by atoms with E-state index in [0.29, 0.717) is 18.2 Å². The first kappa shape index (κ1) is 16.9. The summed E-state index contributed by atoms with van der Waals surface area (Å²) < 4.78 is 9.24. The largest absolute Gasteiger partial charge is 0.486 e. The highest BCUT2D eigenvalue weighted by Gasteiger charge is 2.13. The SMILES string of the molecule is OCCn1nc(COc2ccccc2)nc1-c1ccc(-n2cnnc2)cc1. The van der Waals surface area contributed by atoms with Crippen LogP contribution in [0.1, 0.15) is 5.82 Å². The van der Waals surface area contributed by atoms with Crippen molar-refractivity contribution in [3.63, 3.8) is 0 Å². The lowest BCUT2D eigenvalue weighted by molar-refractivity contribution is 0.266. The molecule has 0 aliphatic heterocycles. The summed E-state index contributed by atoms with van der Waals surface area (Å²) in [6.45, 7) is 0.600. The number of aliphatic hydroxyl groups excluding tert-OH is 1. The molecule has 1 N–H and O–H groups in total. The molecule has 2 heterocycles. The van der Waals surface area contributed by atoms with E-state index in [1.165, 1.54) is 0 Å². The molecular formula is C19H18N6O2. The number of aliphatic hydroxyl groups is 1. The summed E-state index contributed by atoms with van der Waals surface area (Å²) in [6.07, 6.45) is 3.28. The molecule has 2 aromatic carbocycles. The molecule has 136 valence electrons. The topological polar surface area (TPSA) is 90.9 Å². The summed E-state index contributed by atoms with van der Waals surface area (Å²) in [6, 6.07) is 17.3. The minimum atomic E-state index is -0.0197. The number of ether oxygens (including phenoxy) is 1. The fourth-order valence-corrected chi connectivity index (χ4v) is 2.70. The Morgan fingerprint density at radius 3 is 2.37 bits per heavy atom. The van der Waals surface area contributed by atoms with Gasteiger partial charge in [0.15, 0.2) is 11.6 Å². The molecule has 0 saturated carbocycles. The summed E-state index contributed by atoms with van der Waals surface area (Å²) in [5, 5.41) is 21.4. The predicted octanol–water partition coefficient (Wildman–Crippen LogP) is 2.10. The van der Waals surface area contributed by atoms with Crippen LogP contribution < -0.4 is 4.74 Å². The third-order valence-corrected chi connectivity index (χ3v) is 3.98. The van der Waals surface area contributed by atoms with Crippen molar-refractivity contribution in [3.8, 4) is 22.8 Å². The van der Waals surface area contributed by atoms with Crippen LogP contribution >= 0.6 is 0 Å². The Hall–Kier alpha value is -3.52. The van der Waals surface area contributed by atoms with Crippen LogP contribution in [0.4, 0.5) is 0 Å². The van der Waals surface area contributed by atoms with Gasteiger partial charge in [0.1, 0.15) is 25.0 Å². The predicted molar refractivity (Wildman–Crippen MR) is 98.2 cm³/mol. The van der Waals surface area contributed by atoms with E-state index in [-0.39, 0.29) is 13.2 Å². The maximum absolute atomic E-state index is 9.34. The number of benzene rings is 2. The second kappa shape index (κ2) is 7.79. The molecule has 0 spiro atoms. The molecule has 0 aliphatic carbocycles. The second-order valence-corrected chi connectivity index (χ2v) is 5.82. The standard InChI is InChI=1S/C19H18N6O2/c26-11-10-25-19(15-6-8-16(9-7-15)24-13-20-21-14-24)22-18(23-25)12-27-17-4-2-1-3-5-17/h1-9,13-14,26H,10-12H2. The lowest BCUT2D eigenvalue weighted by atomic mass is 10.2. The molecule has 0 bridgehead atoms. The molecule has 8 nitrogen and oxygen atoms in total. The molecule has 4 aromatic rings. The van der Waals surface area contributed by atoms with Gasteiger partial charge in [0.25, 0.3) is 0 Å².